The van der Waals surface area contributed by atoms with Crippen molar-refractivity contribution >= 4 is 5.91 Å². The van der Waals surface area contributed by atoms with Crippen molar-refractivity contribution in [2.24, 2.45) is 0 Å². The molecule has 0 saturated heterocycles. The number of likely N-dealkylation sites (N-methyl/N-ethyl adjacent to an activating group) is 1. The molecule has 1 rings (SSSR count). The van der Waals surface area contributed by atoms with Crippen molar-refractivity contribution in [1.29, 1.82) is 0 Å². The van der Waals surface area contributed by atoms with E-state index in [0.717, 1.165) is 6.54 Å². The maximum atomic E-state index is 10.9. The normalized spacial score (nSPS) is 9.83. The molecule has 0 unspecified atom stereocenters. The van der Waals surface area contributed by atoms with Crippen LogP contribution in [-0.2, 0) is 17.8 Å². The lowest BCUT2D eigenvalue weighted by molar-refractivity contribution is -0.120. The topological polar surface area (TPSA) is 59.8 Å². The number of aromatic nitrogens is 3. The van der Waals surface area contributed by atoms with Gasteiger partial charge in [0.05, 0.1) is 12.1 Å². The largest absolute Gasteiger partial charge is 0.359 e. The second kappa shape index (κ2) is 3.85. The van der Waals surface area contributed by atoms with E-state index in [9.17, 15) is 4.79 Å². The molecule has 0 fully saturated rings. The van der Waals surface area contributed by atoms with Gasteiger partial charge in [-0.3, -0.25) is 9.48 Å². The van der Waals surface area contributed by atoms with Gasteiger partial charge in [0.15, 0.2) is 0 Å². The second-order valence-corrected chi connectivity index (χ2v) is 2.42. The summed E-state index contributed by atoms with van der Waals surface area (Å²) in [6.45, 7) is 2.75. The standard InChI is InChI=1S/C7H12N4O/c1-3-11-5-6(9-10-11)4-7(12)8-2/h5H,3-4H2,1-2H3,(H,8,12). The summed E-state index contributed by atoms with van der Waals surface area (Å²) in [6, 6.07) is 0. The molecule has 1 N–H and O–H groups in total. The highest BCUT2D eigenvalue weighted by atomic mass is 16.1. The molecule has 5 heteroatoms. The lowest BCUT2D eigenvalue weighted by Gasteiger charge is -1.93. The predicted molar refractivity (Wildman–Crippen MR) is 43.5 cm³/mol. The maximum Gasteiger partial charge on any atom is 0.225 e. The minimum Gasteiger partial charge on any atom is -0.359 e. The summed E-state index contributed by atoms with van der Waals surface area (Å²) in [4.78, 5) is 10.9. The van der Waals surface area contributed by atoms with Gasteiger partial charge in [-0.1, -0.05) is 5.21 Å². The SMILES string of the molecule is CCn1cc(CC(=O)NC)nn1. The van der Waals surface area contributed by atoms with Gasteiger partial charge in [-0.15, -0.1) is 5.10 Å². The highest BCUT2D eigenvalue weighted by Crippen LogP contribution is 1.93. The third kappa shape index (κ3) is 2.05. The fraction of sp³-hybridized carbons (Fsp3) is 0.571. The smallest absolute Gasteiger partial charge is 0.225 e. The van der Waals surface area contributed by atoms with E-state index >= 15 is 0 Å². The highest BCUT2D eigenvalue weighted by molar-refractivity contribution is 5.77. The van der Waals surface area contributed by atoms with E-state index in [-0.39, 0.29) is 5.91 Å². The lowest BCUT2D eigenvalue weighted by atomic mass is 10.3. The molecule has 1 amide bonds. The molecule has 1 aromatic rings. The Morgan fingerprint density at radius 2 is 2.50 bits per heavy atom. The quantitative estimate of drug-likeness (QED) is 0.667. The second-order valence-electron chi connectivity index (χ2n) is 2.42. The predicted octanol–water partition coefficient (Wildman–Crippen LogP) is -0.414. The van der Waals surface area contributed by atoms with E-state index in [1.54, 1.807) is 17.9 Å². The number of amides is 1. The van der Waals surface area contributed by atoms with Crippen LogP contribution in [0.2, 0.25) is 0 Å². The van der Waals surface area contributed by atoms with Crippen LogP contribution in [0.4, 0.5) is 0 Å². The molecule has 0 atom stereocenters. The van der Waals surface area contributed by atoms with Crippen LogP contribution in [0.3, 0.4) is 0 Å². The number of rotatable bonds is 3. The summed E-state index contributed by atoms with van der Waals surface area (Å²) < 4.78 is 1.69. The molecule has 0 aliphatic heterocycles. The van der Waals surface area contributed by atoms with Crippen molar-refractivity contribution in [3.63, 3.8) is 0 Å². The van der Waals surface area contributed by atoms with Gasteiger partial charge >= 0.3 is 0 Å². The van der Waals surface area contributed by atoms with Gasteiger partial charge in [0.25, 0.3) is 0 Å². The first kappa shape index (κ1) is 8.70. The molecule has 0 aliphatic rings. The van der Waals surface area contributed by atoms with Gasteiger partial charge in [0, 0.05) is 19.8 Å². The van der Waals surface area contributed by atoms with Crippen LogP contribution < -0.4 is 5.32 Å². The molecular formula is C7H12N4O. The Bertz CT molecular complexity index is 268. The summed E-state index contributed by atoms with van der Waals surface area (Å²) >= 11 is 0. The van der Waals surface area contributed by atoms with Crippen molar-refractivity contribution in [3.8, 4) is 0 Å². The van der Waals surface area contributed by atoms with E-state index in [1.807, 2.05) is 6.92 Å². The monoisotopic (exact) mass is 168 g/mol. The third-order valence-corrected chi connectivity index (χ3v) is 1.53. The Kier molecular flexibility index (Phi) is 2.79. The summed E-state index contributed by atoms with van der Waals surface area (Å²) in [7, 11) is 1.60. The Labute approximate surface area is 70.8 Å². The first-order valence-corrected chi connectivity index (χ1v) is 3.86. The number of carbonyl (C=O) groups is 1. The molecule has 0 saturated carbocycles. The zero-order valence-corrected chi connectivity index (χ0v) is 7.24. The molecular weight excluding hydrogens is 156 g/mol. The van der Waals surface area contributed by atoms with E-state index in [2.05, 4.69) is 15.6 Å². The van der Waals surface area contributed by atoms with E-state index in [1.165, 1.54) is 0 Å². The van der Waals surface area contributed by atoms with Crippen molar-refractivity contribution < 1.29 is 4.79 Å². The minimum atomic E-state index is -0.0434. The molecule has 0 aromatic carbocycles. The molecule has 12 heavy (non-hydrogen) atoms. The van der Waals surface area contributed by atoms with Gasteiger partial charge in [-0.25, -0.2) is 0 Å². The van der Waals surface area contributed by atoms with Crippen molar-refractivity contribution in [1.82, 2.24) is 20.3 Å². The molecule has 0 spiro atoms. The molecule has 66 valence electrons. The van der Waals surface area contributed by atoms with Crippen molar-refractivity contribution in [3.05, 3.63) is 11.9 Å². The number of nitrogens with one attached hydrogen (secondary N) is 1. The van der Waals surface area contributed by atoms with E-state index in [4.69, 9.17) is 0 Å². The molecule has 0 aliphatic carbocycles. The zero-order valence-electron chi connectivity index (χ0n) is 7.24. The number of aryl methyl sites for hydroxylation is 1. The van der Waals surface area contributed by atoms with Gasteiger partial charge in [0.1, 0.15) is 0 Å². The maximum absolute atomic E-state index is 10.9. The van der Waals surface area contributed by atoms with Crippen molar-refractivity contribution in [2.45, 2.75) is 19.9 Å². The number of hydrogen-bond donors (Lipinski definition) is 1. The van der Waals surface area contributed by atoms with Crippen molar-refractivity contribution in [2.75, 3.05) is 7.05 Å². The van der Waals surface area contributed by atoms with Crippen LogP contribution in [0, 0.1) is 0 Å². The molecule has 1 aromatic heterocycles. The van der Waals surface area contributed by atoms with Crippen LogP contribution in [0.1, 0.15) is 12.6 Å². The number of nitrogens with zero attached hydrogens (tertiary/aromatic N) is 3. The average molecular weight is 168 g/mol. The van der Waals surface area contributed by atoms with Crippen LogP contribution in [0.15, 0.2) is 6.20 Å². The highest BCUT2D eigenvalue weighted by Gasteiger charge is 2.04. The van der Waals surface area contributed by atoms with Gasteiger partial charge in [0.2, 0.25) is 5.91 Å². The van der Waals surface area contributed by atoms with E-state index in [0.29, 0.717) is 12.1 Å². The number of hydrogen-bond acceptors (Lipinski definition) is 3. The Balaban J connectivity index is 2.58. The minimum absolute atomic E-state index is 0.0434. The molecule has 1 heterocycles. The number of carbonyl (C=O) groups excluding carboxylic acids is 1. The fourth-order valence-corrected chi connectivity index (χ4v) is 0.827. The molecule has 0 radical (unpaired) electrons. The summed E-state index contributed by atoms with van der Waals surface area (Å²) in [6.07, 6.45) is 2.08. The van der Waals surface area contributed by atoms with Gasteiger partial charge < -0.3 is 5.32 Å². The van der Waals surface area contributed by atoms with E-state index < -0.39 is 0 Å². The lowest BCUT2D eigenvalue weighted by Crippen LogP contribution is -2.20. The molecule has 0 bridgehead atoms. The first-order chi connectivity index (χ1) is 5.76. The van der Waals surface area contributed by atoms with Crippen LogP contribution >= 0.6 is 0 Å². The fourth-order valence-electron chi connectivity index (χ4n) is 0.827. The third-order valence-electron chi connectivity index (χ3n) is 1.53. The Morgan fingerprint density at radius 3 is 3.00 bits per heavy atom. The van der Waals surface area contributed by atoms with Gasteiger partial charge in [-0.05, 0) is 6.92 Å². The van der Waals surface area contributed by atoms with Crippen LogP contribution in [-0.4, -0.2) is 27.9 Å². The Morgan fingerprint density at radius 1 is 1.75 bits per heavy atom. The van der Waals surface area contributed by atoms with Crippen LogP contribution in [0.25, 0.3) is 0 Å². The van der Waals surface area contributed by atoms with Gasteiger partial charge in [-0.2, -0.15) is 0 Å². The summed E-state index contributed by atoms with van der Waals surface area (Å²) in [5.41, 5.74) is 0.705. The summed E-state index contributed by atoms with van der Waals surface area (Å²) in [5, 5.41) is 10.2. The Hall–Kier alpha value is -1.39. The average Bonchev–Trinajstić information content (AvgIpc) is 2.52. The first-order valence-electron chi connectivity index (χ1n) is 3.86. The molecule has 5 nitrogen and oxygen atoms in total. The summed E-state index contributed by atoms with van der Waals surface area (Å²) in [5.74, 6) is -0.0434. The van der Waals surface area contributed by atoms with Crippen LogP contribution in [0.5, 0.6) is 0 Å². The zero-order chi connectivity index (χ0) is 8.97.